The van der Waals surface area contributed by atoms with Gasteiger partial charge in [-0.25, -0.2) is 13.8 Å². The lowest BCUT2D eigenvalue weighted by atomic mass is 9.92. The van der Waals surface area contributed by atoms with Crippen LogP contribution in [-0.4, -0.2) is 65.8 Å². The summed E-state index contributed by atoms with van der Waals surface area (Å²) < 4.78 is 41.5. The minimum absolute atomic E-state index is 0.0431. The molecule has 35 heavy (non-hydrogen) atoms. The van der Waals surface area contributed by atoms with Gasteiger partial charge in [-0.05, 0) is 42.8 Å². The first-order chi connectivity index (χ1) is 16.8. The van der Waals surface area contributed by atoms with Crippen molar-refractivity contribution in [2.45, 2.75) is 19.8 Å². The summed E-state index contributed by atoms with van der Waals surface area (Å²) in [5, 5.41) is 10.1. The Labute approximate surface area is 202 Å². The maximum absolute atomic E-state index is 15.0. The number of aromatic nitrogens is 2. The Balaban J connectivity index is 1.41. The summed E-state index contributed by atoms with van der Waals surface area (Å²) in [7, 11) is 2.06. The fraction of sp³-hybridized carbons (Fsp3) is 0.385. The number of aromatic amines is 1. The van der Waals surface area contributed by atoms with Crippen LogP contribution >= 0.6 is 0 Å². The van der Waals surface area contributed by atoms with E-state index in [0.29, 0.717) is 41.4 Å². The number of nitrogens with zero attached hydrogens (tertiary/aromatic N) is 3. The zero-order valence-electron chi connectivity index (χ0n) is 19.8. The Morgan fingerprint density at radius 1 is 1.29 bits per heavy atom. The zero-order chi connectivity index (χ0) is 24.6. The molecule has 2 aliphatic rings. The number of rotatable bonds is 6. The molecule has 2 aromatic heterocycles. The monoisotopic (exact) mass is 482 g/mol. The normalized spacial score (nSPS) is 20.9. The van der Waals surface area contributed by atoms with Gasteiger partial charge < -0.3 is 24.5 Å². The van der Waals surface area contributed by atoms with Crippen molar-refractivity contribution in [2.75, 3.05) is 39.9 Å². The largest absolute Gasteiger partial charge is 0.480 e. The molecule has 1 aromatic carbocycles. The SMILES string of the molecule is CN1CC=C(c2c[nH]c3nccc(Oc4c(F)cc(CC5=NCC(C)(CO)CO5)cc4F)c23)CC1. The molecule has 0 saturated heterocycles. The summed E-state index contributed by atoms with van der Waals surface area (Å²) in [6, 6.07) is 4.09. The van der Waals surface area contributed by atoms with Gasteiger partial charge in [-0.15, -0.1) is 0 Å². The first-order valence-corrected chi connectivity index (χ1v) is 11.6. The summed E-state index contributed by atoms with van der Waals surface area (Å²) in [5.41, 5.74) is 2.62. The zero-order valence-corrected chi connectivity index (χ0v) is 19.8. The minimum atomic E-state index is -0.808. The van der Waals surface area contributed by atoms with Crippen LogP contribution in [0.2, 0.25) is 0 Å². The molecule has 1 unspecified atom stereocenters. The molecule has 0 aliphatic carbocycles. The van der Waals surface area contributed by atoms with Crippen LogP contribution in [0, 0.1) is 17.0 Å². The summed E-state index contributed by atoms with van der Waals surface area (Å²) in [5.74, 6) is -1.36. The van der Waals surface area contributed by atoms with Gasteiger partial charge in [0.15, 0.2) is 23.3 Å². The van der Waals surface area contributed by atoms with Crippen molar-refractivity contribution < 1.29 is 23.4 Å². The first kappa shape index (κ1) is 23.4. The Hall–Kier alpha value is -3.30. The number of nitrogens with one attached hydrogen (secondary N) is 1. The van der Waals surface area contributed by atoms with Crippen molar-refractivity contribution >= 4 is 22.5 Å². The van der Waals surface area contributed by atoms with Gasteiger partial charge in [-0.3, -0.25) is 4.99 Å². The van der Waals surface area contributed by atoms with Crippen LogP contribution in [0.1, 0.15) is 24.5 Å². The van der Waals surface area contributed by atoms with E-state index in [2.05, 4.69) is 33.0 Å². The molecule has 7 nitrogen and oxygen atoms in total. The molecule has 0 radical (unpaired) electrons. The van der Waals surface area contributed by atoms with E-state index in [1.54, 1.807) is 12.3 Å². The maximum atomic E-state index is 15.0. The summed E-state index contributed by atoms with van der Waals surface area (Å²) in [6.07, 6.45) is 6.57. The van der Waals surface area contributed by atoms with Crippen LogP contribution in [0.3, 0.4) is 0 Å². The van der Waals surface area contributed by atoms with E-state index < -0.39 is 22.8 Å². The highest BCUT2D eigenvalue weighted by Crippen LogP contribution is 2.38. The Morgan fingerprint density at radius 2 is 2.09 bits per heavy atom. The fourth-order valence-corrected chi connectivity index (χ4v) is 4.31. The predicted octanol–water partition coefficient (Wildman–Crippen LogP) is 4.32. The second-order valence-electron chi connectivity index (χ2n) is 9.61. The molecule has 2 aliphatic heterocycles. The van der Waals surface area contributed by atoms with Crippen molar-refractivity contribution in [3.05, 3.63) is 59.4 Å². The van der Waals surface area contributed by atoms with Gasteiger partial charge in [0, 0.05) is 42.9 Å². The fourth-order valence-electron chi connectivity index (χ4n) is 4.31. The van der Waals surface area contributed by atoms with Crippen molar-refractivity contribution in [3.63, 3.8) is 0 Å². The van der Waals surface area contributed by atoms with Gasteiger partial charge in [0.05, 0.1) is 25.1 Å². The number of ether oxygens (including phenoxy) is 2. The standard InChI is InChI=1S/C26H28F2N4O3/c1-26(14-33)13-31-22(34-15-26)11-16-9-19(27)24(20(28)10-16)35-21-3-6-29-25-23(21)18(12-30-25)17-4-7-32(2)8-5-17/h3-4,6,9-10,12,33H,5,7-8,11,13-15H2,1-2H3,(H,29,30). The number of likely N-dealkylation sites (N-methyl/N-ethyl adjacent to an activating group) is 1. The third-order valence-electron chi connectivity index (χ3n) is 6.53. The Morgan fingerprint density at radius 3 is 2.74 bits per heavy atom. The van der Waals surface area contributed by atoms with Gasteiger partial charge in [0.25, 0.3) is 0 Å². The summed E-state index contributed by atoms with van der Waals surface area (Å²) in [4.78, 5) is 14.0. The number of aliphatic hydroxyl groups is 1. The van der Waals surface area contributed by atoms with Crippen LogP contribution in [0.25, 0.3) is 16.6 Å². The van der Waals surface area contributed by atoms with Crippen molar-refractivity contribution in [1.29, 1.82) is 0 Å². The summed E-state index contributed by atoms with van der Waals surface area (Å²) in [6.45, 7) is 4.28. The quantitative estimate of drug-likeness (QED) is 0.547. The summed E-state index contributed by atoms with van der Waals surface area (Å²) >= 11 is 0. The molecule has 0 spiro atoms. The topological polar surface area (TPSA) is 83.0 Å². The number of pyridine rings is 1. The Kier molecular flexibility index (Phi) is 6.29. The van der Waals surface area contributed by atoms with E-state index in [4.69, 9.17) is 9.47 Å². The van der Waals surface area contributed by atoms with Gasteiger partial charge >= 0.3 is 0 Å². The van der Waals surface area contributed by atoms with Crippen molar-refractivity contribution in [1.82, 2.24) is 14.9 Å². The number of halogens is 2. The van der Waals surface area contributed by atoms with Crippen LogP contribution in [-0.2, 0) is 11.2 Å². The Bertz CT molecular complexity index is 1300. The molecule has 4 heterocycles. The van der Waals surface area contributed by atoms with Gasteiger partial charge in [0.1, 0.15) is 11.4 Å². The number of hydrogen-bond acceptors (Lipinski definition) is 6. The second-order valence-corrected chi connectivity index (χ2v) is 9.61. The molecule has 3 aromatic rings. The molecule has 0 bridgehead atoms. The second kappa shape index (κ2) is 9.39. The van der Waals surface area contributed by atoms with Crippen LogP contribution in [0.4, 0.5) is 8.78 Å². The lowest BCUT2D eigenvalue weighted by Gasteiger charge is -2.30. The van der Waals surface area contributed by atoms with Crippen LogP contribution < -0.4 is 4.74 Å². The van der Waals surface area contributed by atoms with Gasteiger partial charge in [-0.1, -0.05) is 13.0 Å². The number of aliphatic imine (C=N–C) groups is 1. The molecular formula is C26H28F2N4O3. The lowest BCUT2D eigenvalue weighted by molar-refractivity contribution is 0.0691. The van der Waals surface area contributed by atoms with Gasteiger partial charge in [0.2, 0.25) is 0 Å². The maximum Gasteiger partial charge on any atom is 0.198 e. The molecule has 5 rings (SSSR count). The number of fused-ring (bicyclic) bond motifs is 1. The molecule has 1 atom stereocenters. The highest BCUT2D eigenvalue weighted by atomic mass is 19.1. The molecule has 2 N–H and O–H groups in total. The third-order valence-corrected chi connectivity index (χ3v) is 6.53. The van der Waals surface area contributed by atoms with E-state index in [1.165, 1.54) is 12.1 Å². The number of aliphatic hydroxyl groups excluding tert-OH is 1. The molecule has 0 amide bonds. The van der Waals surface area contributed by atoms with Crippen LogP contribution in [0.5, 0.6) is 11.5 Å². The molecule has 9 heteroatoms. The molecular weight excluding hydrogens is 454 g/mol. The van der Waals surface area contributed by atoms with E-state index in [9.17, 15) is 5.11 Å². The number of benzene rings is 1. The smallest absolute Gasteiger partial charge is 0.198 e. The van der Waals surface area contributed by atoms with Crippen molar-refractivity contribution in [3.8, 4) is 11.5 Å². The first-order valence-electron chi connectivity index (χ1n) is 11.6. The number of H-pyrrole nitrogens is 1. The minimum Gasteiger partial charge on any atom is -0.480 e. The van der Waals surface area contributed by atoms with Gasteiger partial charge in [-0.2, -0.15) is 0 Å². The highest BCUT2D eigenvalue weighted by Gasteiger charge is 2.29. The molecule has 0 saturated carbocycles. The van der Waals surface area contributed by atoms with E-state index >= 15 is 8.78 Å². The predicted molar refractivity (Wildman–Crippen MR) is 130 cm³/mol. The molecule has 184 valence electrons. The third kappa shape index (κ3) is 4.78. The van der Waals surface area contributed by atoms with E-state index in [1.807, 2.05) is 13.1 Å². The van der Waals surface area contributed by atoms with Crippen molar-refractivity contribution in [2.24, 2.45) is 10.4 Å². The highest BCUT2D eigenvalue weighted by molar-refractivity contribution is 5.95. The average Bonchev–Trinajstić information content (AvgIpc) is 3.29. The van der Waals surface area contributed by atoms with E-state index in [-0.39, 0.29) is 13.0 Å². The number of hydrogen-bond donors (Lipinski definition) is 2. The average molecular weight is 483 g/mol. The van der Waals surface area contributed by atoms with E-state index in [0.717, 1.165) is 30.6 Å². The lowest BCUT2D eigenvalue weighted by Crippen LogP contribution is -2.36. The van der Waals surface area contributed by atoms with Crippen LogP contribution in [0.15, 0.2) is 41.7 Å². The molecule has 0 fully saturated rings.